The van der Waals surface area contributed by atoms with Crippen LogP contribution in [0.1, 0.15) is 11.1 Å². The molecule has 2 aromatic rings. The van der Waals surface area contributed by atoms with Crippen molar-refractivity contribution in [2.24, 2.45) is 0 Å². The van der Waals surface area contributed by atoms with Crippen LogP contribution < -0.4 is 17.6 Å². The molecule has 0 saturated heterocycles. The monoisotopic (exact) mass is 261 g/mol. The van der Waals surface area contributed by atoms with Gasteiger partial charge in [0.1, 0.15) is 0 Å². The summed E-state index contributed by atoms with van der Waals surface area (Å²) < 4.78 is 0. The lowest BCUT2D eigenvalue weighted by Crippen LogP contribution is -3.00. The van der Waals surface area contributed by atoms with E-state index in [-0.39, 0.29) is 12.4 Å². The Morgan fingerprint density at radius 3 is 1.50 bits per heavy atom. The van der Waals surface area contributed by atoms with E-state index in [0.29, 0.717) is 0 Å². The molecule has 2 rings (SSSR count). The average molecular weight is 262 g/mol. The van der Waals surface area contributed by atoms with Crippen molar-refractivity contribution < 1.29 is 22.8 Å². The van der Waals surface area contributed by atoms with Crippen molar-refractivity contribution in [3.8, 4) is 0 Å². The molecule has 2 N–H and O–H groups in total. The Morgan fingerprint density at radius 2 is 1.17 bits per heavy atom. The first-order valence-electron chi connectivity index (χ1n) is 5.71. The predicted molar refractivity (Wildman–Crippen MR) is 68.0 cm³/mol. The van der Waals surface area contributed by atoms with Gasteiger partial charge in [-0.3, -0.25) is 5.21 Å². The van der Waals surface area contributed by atoms with E-state index >= 15 is 0 Å². The third kappa shape index (κ3) is 4.22. The number of benzene rings is 2. The molecule has 3 heteroatoms. The van der Waals surface area contributed by atoms with Crippen LogP contribution in [0, 0.1) is 0 Å². The van der Waals surface area contributed by atoms with Crippen LogP contribution in [0.2, 0.25) is 0 Å². The Hall–Kier alpha value is -1.80. The lowest BCUT2D eigenvalue weighted by atomic mass is 10.0. The second-order valence-electron chi connectivity index (χ2n) is 4.04. The number of halogens is 1. The third-order valence-electron chi connectivity index (χ3n) is 2.68. The van der Waals surface area contributed by atoms with Gasteiger partial charge in [-0.1, -0.05) is 60.7 Å². The van der Waals surface area contributed by atoms with E-state index in [1.165, 1.54) is 11.1 Å². The summed E-state index contributed by atoms with van der Waals surface area (Å²) in [6, 6.07) is 20.2. The summed E-state index contributed by atoms with van der Waals surface area (Å²) in [5.41, 5.74) is 3.29. The molecule has 18 heavy (non-hydrogen) atoms. The molecular weight excluding hydrogens is 246 g/mol. The van der Waals surface area contributed by atoms with Crippen molar-refractivity contribution in [1.29, 1.82) is 0 Å². The molecule has 0 aliphatic carbocycles. The fourth-order valence-corrected chi connectivity index (χ4v) is 1.83. The van der Waals surface area contributed by atoms with E-state index in [4.69, 9.17) is 5.21 Å². The molecule has 94 valence electrons. The van der Waals surface area contributed by atoms with Crippen LogP contribution >= 0.6 is 0 Å². The summed E-state index contributed by atoms with van der Waals surface area (Å²) in [7, 11) is 0. The van der Waals surface area contributed by atoms with Gasteiger partial charge in [-0.2, -0.15) is 0 Å². The van der Waals surface area contributed by atoms with Gasteiger partial charge >= 0.3 is 0 Å². The summed E-state index contributed by atoms with van der Waals surface area (Å²) >= 11 is 0. The molecule has 0 amide bonds. The van der Waals surface area contributed by atoms with Crippen molar-refractivity contribution in [2.45, 2.75) is 12.8 Å². The van der Waals surface area contributed by atoms with Crippen LogP contribution in [0.25, 0.3) is 0 Å². The van der Waals surface area contributed by atoms with Crippen molar-refractivity contribution in [3.05, 3.63) is 71.8 Å². The van der Waals surface area contributed by atoms with Crippen LogP contribution in [0.5, 0.6) is 0 Å². The highest BCUT2D eigenvalue weighted by Crippen LogP contribution is 2.04. The molecule has 0 bridgehead atoms. The van der Waals surface area contributed by atoms with Crippen molar-refractivity contribution in [2.75, 3.05) is 0 Å². The van der Waals surface area contributed by atoms with Crippen molar-refractivity contribution in [1.82, 2.24) is 0 Å². The molecule has 0 atom stereocenters. The summed E-state index contributed by atoms with van der Waals surface area (Å²) in [5, 5.41) is 11.5. The SMILES string of the molecule is O[NH+]=C(Cc1ccccc1)Cc1ccccc1.[Cl-]. The quantitative estimate of drug-likeness (QED) is 0.388. The zero-order valence-electron chi connectivity index (χ0n) is 10.0. The summed E-state index contributed by atoms with van der Waals surface area (Å²) in [6.07, 6.45) is 1.48. The summed E-state index contributed by atoms with van der Waals surface area (Å²) in [5.74, 6) is 0. The van der Waals surface area contributed by atoms with Gasteiger partial charge in [-0.15, -0.1) is 0 Å². The molecule has 0 fully saturated rings. The van der Waals surface area contributed by atoms with Crippen molar-refractivity contribution >= 4 is 5.71 Å². The first-order valence-corrected chi connectivity index (χ1v) is 5.71. The average Bonchev–Trinajstić information content (AvgIpc) is 2.40. The normalized spacial score (nSPS) is 9.33. The largest absolute Gasteiger partial charge is 1.00 e. The standard InChI is InChI=1S/C15H15NO.ClH/c17-16-15(11-13-7-3-1-4-8-13)12-14-9-5-2-6-10-14;/h1-10,17H,11-12H2;1H. The van der Waals surface area contributed by atoms with Gasteiger partial charge in [-0.05, 0) is 16.3 Å². The van der Waals surface area contributed by atoms with Gasteiger partial charge in [0.05, 0.1) is 12.8 Å². The highest BCUT2D eigenvalue weighted by molar-refractivity contribution is 5.83. The van der Waals surface area contributed by atoms with Gasteiger partial charge in [0.2, 0.25) is 5.71 Å². The fourth-order valence-electron chi connectivity index (χ4n) is 1.83. The molecule has 0 heterocycles. The minimum absolute atomic E-state index is 0. The van der Waals surface area contributed by atoms with Crippen LogP contribution in [-0.2, 0) is 12.8 Å². The summed E-state index contributed by atoms with van der Waals surface area (Å²) in [4.78, 5) is 0. The number of nitrogens with one attached hydrogen (secondary N) is 1. The highest BCUT2D eigenvalue weighted by Gasteiger charge is 2.09. The Balaban J connectivity index is 0.00000162. The molecule has 2 nitrogen and oxygen atoms in total. The Labute approximate surface area is 113 Å². The lowest BCUT2D eigenvalue weighted by molar-refractivity contribution is -0.738. The first kappa shape index (κ1) is 14.3. The maximum absolute atomic E-state index is 9.16. The van der Waals surface area contributed by atoms with E-state index in [2.05, 4.69) is 29.4 Å². The Morgan fingerprint density at radius 1 is 0.778 bits per heavy atom. The number of hydrogen-bond donors (Lipinski definition) is 2. The molecular formula is C15H16ClNO. The van der Waals surface area contributed by atoms with Gasteiger partial charge in [0.25, 0.3) is 0 Å². The van der Waals surface area contributed by atoms with E-state index in [9.17, 15) is 0 Å². The molecule has 0 spiro atoms. The molecule has 2 aromatic carbocycles. The molecule has 0 aromatic heterocycles. The van der Waals surface area contributed by atoms with Gasteiger partial charge in [0, 0.05) is 0 Å². The zero-order valence-corrected chi connectivity index (χ0v) is 10.8. The minimum atomic E-state index is 0. The Kier molecular flexibility index (Phi) is 5.95. The maximum Gasteiger partial charge on any atom is 0.210 e. The topological polar surface area (TPSA) is 34.2 Å². The van der Waals surface area contributed by atoms with Crippen molar-refractivity contribution in [3.63, 3.8) is 0 Å². The maximum atomic E-state index is 9.16. The lowest BCUT2D eigenvalue weighted by Gasteiger charge is -2.00. The van der Waals surface area contributed by atoms with Crippen LogP contribution in [-0.4, -0.2) is 10.9 Å². The molecule has 0 aliphatic heterocycles. The number of rotatable bonds is 4. The Bertz CT molecular complexity index is 439. The number of hydrogen-bond acceptors (Lipinski definition) is 1. The van der Waals surface area contributed by atoms with Crippen LogP contribution in [0.4, 0.5) is 0 Å². The molecule has 0 unspecified atom stereocenters. The van der Waals surface area contributed by atoms with Crippen LogP contribution in [0.3, 0.4) is 0 Å². The van der Waals surface area contributed by atoms with E-state index in [1.54, 1.807) is 0 Å². The third-order valence-corrected chi connectivity index (χ3v) is 2.68. The van der Waals surface area contributed by atoms with E-state index < -0.39 is 0 Å². The van der Waals surface area contributed by atoms with Gasteiger partial charge in [-0.25, -0.2) is 0 Å². The molecule has 0 radical (unpaired) electrons. The summed E-state index contributed by atoms with van der Waals surface area (Å²) in [6.45, 7) is 0. The second kappa shape index (κ2) is 7.51. The first-order chi connectivity index (χ1) is 8.38. The minimum Gasteiger partial charge on any atom is -1.00 e. The predicted octanol–water partition coefficient (Wildman–Crippen LogP) is -1.61. The van der Waals surface area contributed by atoms with Crippen LogP contribution in [0.15, 0.2) is 60.7 Å². The fraction of sp³-hybridized carbons (Fsp3) is 0.133. The van der Waals surface area contributed by atoms with E-state index in [1.807, 2.05) is 36.4 Å². The van der Waals surface area contributed by atoms with E-state index in [0.717, 1.165) is 18.6 Å². The second-order valence-corrected chi connectivity index (χ2v) is 4.04. The zero-order chi connectivity index (χ0) is 11.9. The van der Waals surface area contributed by atoms with Gasteiger partial charge in [0.15, 0.2) is 0 Å². The highest BCUT2D eigenvalue weighted by atomic mass is 35.5. The molecule has 0 aliphatic rings. The van der Waals surface area contributed by atoms with Gasteiger partial charge < -0.3 is 12.4 Å². The molecule has 0 saturated carbocycles. The smallest absolute Gasteiger partial charge is 0.210 e.